The van der Waals surface area contributed by atoms with Crippen LogP contribution in [-0.4, -0.2) is 132 Å². The lowest BCUT2D eigenvalue weighted by Gasteiger charge is -2.80. The van der Waals surface area contributed by atoms with E-state index in [9.17, 15) is 14.4 Å². The Hall–Kier alpha value is -3.20. The van der Waals surface area contributed by atoms with Gasteiger partial charge in [-0.05, 0) is 19.1 Å². The molecule has 0 radical (unpaired) electrons. The fraction of sp³-hybridized carbons (Fsp3) is 0.634. The van der Waals surface area contributed by atoms with Gasteiger partial charge in [-0.25, -0.2) is 9.59 Å². The molecule has 2 heterocycles. The number of hydrogen-bond acceptors (Lipinski definition) is 11. The van der Waals surface area contributed by atoms with Gasteiger partial charge in [-0.3, -0.25) is 4.79 Å². The fourth-order valence-electron chi connectivity index (χ4n) is 9.43. The maximum atomic E-state index is 14.7. The maximum absolute atomic E-state index is 14.7. The SMILES string of the molecule is COCCOCCOCCOCCNC(=O)CC[C@@H](CSC)OC(=O)OC(C(=O)OC1CC2C13CCC3[N+]21CCCC1)(c1ccccc1)c1ccccc1. The first kappa shape index (κ1) is 40.5. The predicted octanol–water partition coefficient (Wildman–Crippen LogP) is 4.86. The molecule has 0 aromatic heterocycles. The number of nitrogens with one attached hydrogen (secondary N) is 1. The van der Waals surface area contributed by atoms with Gasteiger partial charge in [0.1, 0.15) is 29.7 Å². The summed E-state index contributed by atoms with van der Waals surface area (Å²) in [6.45, 7) is 6.05. The minimum Gasteiger partial charge on any atom is -0.458 e. The second-order valence-corrected chi connectivity index (χ2v) is 15.7. The Morgan fingerprint density at radius 3 is 2.04 bits per heavy atom. The van der Waals surface area contributed by atoms with Crippen molar-refractivity contribution in [3.05, 3.63) is 71.8 Å². The Morgan fingerprint density at radius 1 is 0.870 bits per heavy atom. The summed E-state index contributed by atoms with van der Waals surface area (Å²) in [5.74, 6) is -0.342. The molecular formula is C41H57N2O10S+. The topological polar surface area (TPSA) is 128 Å². The number of amides is 1. The fourth-order valence-corrected chi connectivity index (χ4v) is 10.0. The molecule has 6 rings (SSSR count). The number of ether oxygens (including phenoxy) is 7. The van der Waals surface area contributed by atoms with Gasteiger partial charge in [0.2, 0.25) is 5.91 Å². The Labute approximate surface area is 323 Å². The van der Waals surface area contributed by atoms with Crippen LogP contribution in [0.5, 0.6) is 0 Å². The molecule has 5 atom stereocenters. The number of piperidine rings is 2. The largest absolute Gasteiger partial charge is 0.510 e. The van der Waals surface area contributed by atoms with Crippen LogP contribution in [0, 0.1) is 5.41 Å². The summed E-state index contributed by atoms with van der Waals surface area (Å²) in [4.78, 5) is 41.2. The van der Waals surface area contributed by atoms with Crippen molar-refractivity contribution in [3.63, 3.8) is 0 Å². The van der Waals surface area contributed by atoms with Crippen LogP contribution in [0.25, 0.3) is 0 Å². The first-order valence-electron chi connectivity index (χ1n) is 19.5. The summed E-state index contributed by atoms with van der Waals surface area (Å²) in [7, 11) is 1.63. The zero-order chi connectivity index (χ0) is 37.9. The smallest absolute Gasteiger partial charge is 0.458 e. The number of benzene rings is 2. The molecule has 54 heavy (non-hydrogen) atoms. The van der Waals surface area contributed by atoms with Crippen LogP contribution in [0.4, 0.5) is 4.79 Å². The van der Waals surface area contributed by atoms with Gasteiger partial charge in [0, 0.05) is 62.6 Å². The minimum atomic E-state index is -1.88. The van der Waals surface area contributed by atoms with Crippen LogP contribution in [0.1, 0.15) is 56.1 Å². The normalized spacial score (nSPS) is 23.9. The molecule has 2 saturated heterocycles. The highest BCUT2D eigenvalue weighted by Crippen LogP contribution is 2.73. The van der Waals surface area contributed by atoms with E-state index in [1.165, 1.54) is 48.6 Å². The molecule has 0 bridgehead atoms. The van der Waals surface area contributed by atoms with E-state index >= 15 is 0 Å². The molecule has 1 N–H and O–H groups in total. The minimum absolute atomic E-state index is 0.0457. The highest BCUT2D eigenvalue weighted by atomic mass is 32.2. The first-order chi connectivity index (χ1) is 26.4. The molecule has 2 aromatic rings. The Bertz CT molecular complexity index is 1460. The van der Waals surface area contributed by atoms with Crippen LogP contribution >= 0.6 is 11.8 Å². The summed E-state index contributed by atoms with van der Waals surface area (Å²) < 4.78 is 41.1. The number of carbonyl (C=O) groups excluding carboxylic acids is 3. The lowest BCUT2D eigenvalue weighted by Crippen LogP contribution is -2.94. The number of methoxy groups -OCH3 is 1. The van der Waals surface area contributed by atoms with Gasteiger partial charge in [0.25, 0.3) is 5.60 Å². The van der Waals surface area contributed by atoms with E-state index in [1.54, 1.807) is 31.4 Å². The molecule has 2 spiro atoms. The van der Waals surface area contributed by atoms with E-state index in [4.69, 9.17) is 33.2 Å². The highest BCUT2D eigenvalue weighted by molar-refractivity contribution is 7.98. The molecule has 296 valence electrons. The molecule has 1 amide bonds. The van der Waals surface area contributed by atoms with Gasteiger partial charge in [-0.1, -0.05) is 60.7 Å². The zero-order valence-corrected chi connectivity index (χ0v) is 32.6. The first-order valence-corrected chi connectivity index (χ1v) is 20.9. The number of rotatable bonds is 23. The lowest BCUT2D eigenvalue weighted by molar-refractivity contribution is -1.05. The number of nitrogens with zero attached hydrogens (tertiary/aromatic N) is 1. The zero-order valence-electron chi connectivity index (χ0n) is 31.7. The van der Waals surface area contributed by atoms with Crippen LogP contribution in [0.3, 0.4) is 0 Å². The number of quaternary nitrogens is 1. The molecule has 2 aliphatic carbocycles. The van der Waals surface area contributed by atoms with Crippen LogP contribution in [-0.2, 0) is 48.3 Å². The van der Waals surface area contributed by atoms with Crippen molar-refractivity contribution >= 4 is 29.8 Å². The van der Waals surface area contributed by atoms with Crippen molar-refractivity contribution in [2.45, 2.75) is 74.8 Å². The summed E-state index contributed by atoms with van der Waals surface area (Å²) in [5.41, 5.74) is -0.872. The second-order valence-electron chi connectivity index (χ2n) is 14.7. The average molecular weight is 770 g/mol. The third kappa shape index (κ3) is 8.46. The van der Waals surface area contributed by atoms with Crippen molar-refractivity contribution in [2.24, 2.45) is 5.41 Å². The van der Waals surface area contributed by atoms with Gasteiger partial charge in [-0.2, -0.15) is 11.8 Å². The van der Waals surface area contributed by atoms with Crippen molar-refractivity contribution < 1.29 is 52.0 Å². The van der Waals surface area contributed by atoms with Crippen molar-refractivity contribution in [2.75, 3.05) is 85.0 Å². The quantitative estimate of drug-likeness (QED) is 0.0946. The number of esters is 1. The monoisotopic (exact) mass is 769 g/mol. The van der Waals surface area contributed by atoms with Crippen molar-refractivity contribution in [3.8, 4) is 0 Å². The molecule has 2 aromatic carbocycles. The standard InChI is InChI=1S/C41H56N2O10S/c1-47-23-24-49-27-28-50-26-25-48-22-19-42-37(44)16-15-33(30-54-2)51-39(46)53-41(31-11-5-3-6-12-31,32-13-7-4-8-14-32)38(45)52-36-29-35-40(36)18-17-34(40)43(35)20-9-10-21-43/h3-8,11-14,33-36H,9-10,15-30H2,1-2H3/p+1/t33-,34?,35?,36?,40?/m0/s1. The number of thioether (sulfide) groups is 1. The molecule has 12 nitrogen and oxygen atoms in total. The van der Waals surface area contributed by atoms with Crippen LogP contribution in [0.15, 0.2) is 60.7 Å². The van der Waals surface area contributed by atoms with E-state index in [0.717, 1.165) is 12.8 Å². The Kier molecular flexibility index (Phi) is 14.3. The molecule has 2 saturated carbocycles. The third-order valence-corrected chi connectivity index (χ3v) is 12.7. The molecule has 4 aliphatic rings. The molecule has 13 heteroatoms. The second kappa shape index (κ2) is 19.1. The summed E-state index contributed by atoms with van der Waals surface area (Å²) in [6.07, 6.45) is 6.15. The van der Waals surface area contributed by atoms with E-state index in [1.807, 2.05) is 42.7 Å². The van der Waals surface area contributed by atoms with Crippen LogP contribution < -0.4 is 5.32 Å². The predicted molar refractivity (Wildman–Crippen MR) is 203 cm³/mol. The highest BCUT2D eigenvalue weighted by Gasteiger charge is 2.86. The number of fused-ring (bicyclic) bond motifs is 2. The van der Waals surface area contributed by atoms with Gasteiger partial charge < -0.3 is 43.0 Å². The Balaban J connectivity index is 1.03. The third-order valence-electron chi connectivity index (χ3n) is 12.0. The summed E-state index contributed by atoms with van der Waals surface area (Å²) in [6, 6.07) is 19.2. The molecule has 2 aliphatic heterocycles. The van der Waals surface area contributed by atoms with E-state index < -0.39 is 23.8 Å². The van der Waals surface area contributed by atoms with Gasteiger partial charge in [0.05, 0.1) is 59.3 Å². The van der Waals surface area contributed by atoms with E-state index in [0.29, 0.717) is 81.8 Å². The molecule has 4 fully saturated rings. The van der Waals surface area contributed by atoms with Crippen molar-refractivity contribution in [1.82, 2.24) is 5.32 Å². The van der Waals surface area contributed by atoms with E-state index in [-0.39, 0.29) is 30.3 Å². The van der Waals surface area contributed by atoms with Crippen LogP contribution in [0.2, 0.25) is 0 Å². The summed E-state index contributed by atoms with van der Waals surface area (Å²) in [5, 5.41) is 2.85. The van der Waals surface area contributed by atoms with Crippen molar-refractivity contribution in [1.29, 1.82) is 0 Å². The average Bonchev–Trinajstić information content (AvgIpc) is 3.65. The number of hydrogen-bond donors (Lipinski definition) is 1. The molecule has 4 unspecified atom stereocenters. The van der Waals surface area contributed by atoms with E-state index in [2.05, 4.69) is 5.32 Å². The number of carbonyl (C=O) groups is 3. The van der Waals surface area contributed by atoms with Gasteiger partial charge in [-0.15, -0.1) is 0 Å². The lowest BCUT2D eigenvalue weighted by atomic mass is 9.39. The Morgan fingerprint density at radius 2 is 1.48 bits per heavy atom. The maximum Gasteiger partial charge on any atom is 0.510 e. The van der Waals surface area contributed by atoms with Gasteiger partial charge in [0.15, 0.2) is 0 Å². The summed E-state index contributed by atoms with van der Waals surface area (Å²) >= 11 is 1.49. The molecular weight excluding hydrogens is 713 g/mol. The van der Waals surface area contributed by atoms with Gasteiger partial charge >= 0.3 is 12.1 Å².